The van der Waals surface area contributed by atoms with Crippen LogP contribution in [0.25, 0.3) is 22.6 Å². The minimum absolute atomic E-state index is 0.0880. The van der Waals surface area contributed by atoms with E-state index in [1.165, 1.54) is 5.69 Å². The Morgan fingerprint density at radius 2 is 1.78 bits per heavy atom. The molecule has 0 atom stereocenters. The van der Waals surface area contributed by atoms with Crippen molar-refractivity contribution in [2.75, 3.05) is 18.0 Å². The maximum atomic E-state index is 12.6. The van der Waals surface area contributed by atoms with Crippen LogP contribution in [0.2, 0.25) is 0 Å². The molecule has 32 heavy (non-hydrogen) atoms. The van der Waals surface area contributed by atoms with Crippen molar-refractivity contribution in [3.8, 4) is 11.5 Å². The molecule has 1 amide bonds. The van der Waals surface area contributed by atoms with E-state index < -0.39 is 0 Å². The van der Waals surface area contributed by atoms with Gasteiger partial charge in [-0.25, -0.2) is 10.4 Å². The van der Waals surface area contributed by atoms with Crippen molar-refractivity contribution < 1.29 is 4.79 Å². The molecule has 0 saturated heterocycles. The van der Waals surface area contributed by atoms with Crippen LogP contribution in [0.3, 0.4) is 0 Å². The number of hydrogen-bond acceptors (Lipinski definition) is 5. The summed E-state index contributed by atoms with van der Waals surface area (Å²) in [4.78, 5) is 24.0. The average molecular weight is 427 g/mol. The van der Waals surface area contributed by atoms with E-state index in [-0.39, 0.29) is 12.5 Å². The van der Waals surface area contributed by atoms with E-state index in [0.717, 1.165) is 29.7 Å². The molecule has 0 aliphatic rings. The van der Waals surface area contributed by atoms with Crippen molar-refractivity contribution in [3.63, 3.8) is 0 Å². The zero-order chi connectivity index (χ0) is 22.3. The lowest BCUT2D eigenvalue weighted by molar-refractivity contribution is -0.121. The maximum Gasteiger partial charge on any atom is 0.260 e. The Hall–Kier alpha value is -4.00. The number of rotatable bonds is 8. The molecule has 0 aliphatic heterocycles. The number of aromatic nitrogens is 3. The number of pyridine rings is 1. The maximum absolute atomic E-state index is 12.6. The lowest BCUT2D eigenvalue weighted by Crippen LogP contribution is -2.23. The van der Waals surface area contributed by atoms with E-state index in [0.29, 0.717) is 11.5 Å². The third-order valence-corrected chi connectivity index (χ3v) is 5.27. The summed E-state index contributed by atoms with van der Waals surface area (Å²) >= 11 is 0. The van der Waals surface area contributed by atoms with Gasteiger partial charge in [-0.3, -0.25) is 9.78 Å². The van der Waals surface area contributed by atoms with Crippen LogP contribution in [-0.2, 0) is 11.3 Å². The first-order valence-electron chi connectivity index (χ1n) is 10.7. The van der Waals surface area contributed by atoms with Crippen LogP contribution >= 0.6 is 0 Å². The first-order chi connectivity index (χ1) is 15.7. The van der Waals surface area contributed by atoms with Crippen molar-refractivity contribution in [2.45, 2.75) is 20.4 Å². The zero-order valence-electron chi connectivity index (χ0n) is 18.3. The third kappa shape index (κ3) is 4.67. The van der Waals surface area contributed by atoms with Gasteiger partial charge in [0.25, 0.3) is 5.91 Å². The fraction of sp³-hybridized carbons (Fsp3) is 0.200. The highest BCUT2D eigenvalue weighted by molar-refractivity contribution is 5.85. The largest absolute Gasteiger partial charge is 0.372 e. The molecule has 2 heterocycles. The van der Waals surface area contributed by atoms with E-state index in [1.807, 2.05) is 59.2 Å². The van der Waals surface area contributed by atoms with E-state index in [1.54, 1.807) is 12.4 Å². The monoisotopic (exact) mass is 426 g/mol. The quantitative estimate of drug-likeness (QED) is 0.340. The SMILES string of the molecule is CCN(CC)c1ccc(/C=N/NC(=O)Cn2c(-c3ccccn3)nc3ccccc32)cc1. The number of carbonyl (C=O) groups is 1. The molecule has 2 aromatic heterocycles. The number of imidazole rings is 1. The van der Waals surface area contributed by atoms with Crippen molar-refractivity contribution in [2.24, 2.45) is 5.10 Å². The molecule has 1 N–H and O–H groups in total. The Kier molecular flexibility index (Phi) is 6.55. The topological polar surface area (TPSA) is 75.4 Å². The van der Waals surface area contributed by atoms with Gasteiger partial charge in [-0.15, -0.1) is 0 Å². The van der Waals surface area contributed by atoms with Gasteiger partial charge in [0.2, 0.25) is 0 Å². The summed E-state index contributed by atoms with van der Waals surface area (Å²) in [5.41, 5.74) is 7.12. The molecule has 0 fully saturated rings. The van der Waals surface area contributed by atoms with Crippen molar-refractivity contribution in [3.05, 3.63) is 78.5 Å². The number of fused-ring (bicyclic) bond motifs is 1. The molecule has 0 saturated carbocycles. The number of nitrogens with zero attached hydrogens (tertiary/aromatic N) is 5. The number of anilines is 1. The van der Waals surface area contributed by atoms with Gasteiger partial charge in [-0.05, 0) is 55.8 Å². The van der Waals surface area contributed by atoms with Crippen LogP contribution in [0, 0.1) is 0 Å². The molecule has 2 aromatic carbocycles. The standard InChI is InChI=1S/C25H26N6O/c1-3-30(4-2)20-14-12-19(13-15-20)17-27-29-24(32)18-31-23-11-6-5-9-21(23)28-25(31)22-10-7-8-16-26-22/h5-17H,3-4,18H2,1-2H3,(H,29,32)/b27-17+. The first-order valence-corrected chi connectivity index (χ1v) is 10.7. The first kappa shape index (κ1) is 21.2. The highest BCUT2D eigenvalue weighted by atomic mass is 16.2. The van der Waals surface area contributed by atoms with Crippen LogP contribution < -0.4 is 10.3 Å². The minimum Gasteiger partial charge on any atom is -0.372 e. The van der Waals surface area contributed by atoms with Gasteiger partial charge < -0.3 is 9.47 Å². The van der Waals surface area contributed by atoms with Crippen molar-refractivity contribution in [1.82, 2.24) is 20.0 Å². The Labute approximate surface area is 187 Å². The van der Waals surface area contributed by atoms with Crippen molar-refractivity contribution >= 4 is 28.8 Å². The van der Waals surface area contributed by atoms with Gasteiger partial charge in [0.05, 0.1) is 17.2 Å². The van der Waals surface area contributed by atoms with Gasteiger partial charge >= 0.3 is 0 Å². The lowest BCUT2D eigenvalue weighted by atomic mass is 10.2. The number of para-hydroxylation sites is 2. The molecule has 4 aromatic rings. The van der Waals surface area contributed by atoms with Gasteiger partial charge in [0, 0.05) is 25.0 Å². The van der Waals surface area contributed by atoms with E-state index >= 15 is 0 Å². The van der Waals surface area contributed by atoms with Gasteiger partial charge in [0.1, 0.15) is 12.2 Å². The molecule has 0 aliphatic carbocycles. The smallest absolute Gasteiger partial charge is 0.260 e. The van der Waals surface area contributed by atoms with E-state index in [4.69, 9.17) is 0 Å². The minimum atomic E-state index is -0.235. The Bertz CT molecular complexity index is 1210. The van der Waals surface area contributed by atoms with Gasteiger partial charge in [-0.1, -0.05) is 30.3 Å². The van der Waals surface area contributed by atoms with Crippen molar-refractivity contribution in [1.29, 1.82) is 0 Å². The second-order valence-corrected chi connectivity index (χ2v) is 7.28. The number of benzene rings is 2. The Morgan fingerprint density at radius 1 is 1.03 bits per heavy atom. The fourth-order valence-electron chi connectivity index (χ4n) is 3.64. The molecular weight excluding hydrogens is 400 g/mol. The number of carbonyl (C=O) groups excluding carboxylic acids is 1. The number of hydrogen-bond donors (Lipinski definition) is 1. The summed E-state index contributed by atoms with van der Waals surface area (Å²) in [6.07, 6.45) is 3.37. The lowest BCUT2D eigenvalue weighted by Gasteiger charge is -2.20. The molecule has 0 bridgehead atoms. The van der Waals surface area contributed by atoms with Crippen LogP contribution in [0.1, 0.15) is 19.4 Å². The molecule has 0 radical (unpaired) electrons. The zero-order valence-corrected chi connectivity index (χ0v) is 18.3. The summed E-state index contributed by atoms with van der Waals surface area (Å²) in [5.74, 6) is 0.416. The van der Waals surface area contributed by atoms with Gasteiger partial charge in [0.15, 0.2) is 5.82 Å². The molecule has 0 spiro atoms. The van der Waals surface area contributed by atoms with Crippen LogP contribution in [0.4, 0.5) is 5.69 Å². The molecule has 4 rings (SSSR count). The fourth-order valence-corrected chi connectivity index (χ4v) is 3.64. The summed E-state index contributed by atoms with van der Waals surface area (Å²) in [5, 5.41) is 4.13. The summed E-state index contributed by atoms with van der Waals surface area (Å²) in [6.45, 7) is 6.28. The normalized spacial score (nSPS) is 11.2. The molecule has 0 unspecified atom stereocenters. The van der Waals surface area contributed by atoms with Crippen LogP contribution in [0.15, 0.2) is 78.0 Å². The third-order valence-electron chi connectivity index (χ3n) is 5.27. The second-order valence-electron chi connectivity index (χ2n) is 7.28. The Morgan fingerprint density at radius 3 is 2.50 bits per heavy atom. The molecule has 162 valence electrons. The predicted octanol–water partition coefficient (Wildman–Crippen LogP) is 4.09. The predicted molar refractivity (Wildman–Crippen MR) is 129 cm³/mol. The van der Waals surface area contributed by atoms with Gasteiger partial charge in [-0.2, -0.15) is 5.10 Å². The van der Waals surface area contributed by atoms with Crippen LogP contribution in [-0.4, -0.2) is 39.7 Å². The summed E-state index contributed by atoms with van der Waals surface area (Å²) in [6, 6.07) is 21.5. The number of nitrogens with one attached hydrogen (secondary N) is 1. The van der Waals surface area contributed by atoms with E-state index in [2.05, 4.69) is 51.4 Å². The number of amides is 1. The Balaban J connectivity index is 1.48. The number of hydrazone groups is 1. The molecular formula is C25H26N6O. The highest BCUT2D eigenvalue weighted by Crippen LogP contribution is 2.23. The summed E-state index contributed by atoms with van der Waals surface area (Å²) in [7, 11) is 0. The van der Waals surface area contributed by atoms with Crippen LogP contribution in [0.5, 0.6) is 0 Å². The second kappa shape index (κ2) is 9.87. The highest BCUT2D eigenvalue weighted by Gasteiger charge is 2.15. The average Bonchev–Trinajstić information content (AvgIpc) is 3.20. The summed E-state index contributed by atoms with van der Waals surface area (Å²) < 4.78 is 1.86. The molecule has 7 nitrogen and oxygen atoms in total. The molecule has 7 heteroatoms. The van der Waals surface area contributed by atoms with E-state index in [9.17, 15) is 4.79 Å².